The molecular formula is C9H8BrF3. The summed E-state index contributed by atoms with van der Waals surface area (Å²) in [6.07, 6.45) is -3.66. The lowest BCUT2D eigenvalue weighted by atomic mass is 10.1. The van der Waals surface area contributed by atoms with Gasteiger partial charge in [-0.25, -0.2) is 0 Å². The molecule has 72 valence electrons. The topological polar surface area (TPSA) is 0 Å². The molecule has 4 heteroatoms. The van der Waals surface area contributed by atoms with E-state index in [1.165, 1.54) is 6.07 Å². The molecule has 0 aromatic heterocycles. The molecule has 1 aromatic carbocycles. The zero-order valence-electron chi connectivity index (χ0n) is 6.95. The Bertz CT molecular complexity index is 304. The van der Waals surface area contributed by atoms with Crippen LogP contribution in [0.1, 0.15) is 18.1 Å². The first-order valence-corrected chi connectivity index (χ1v) is 4.59. The standard InChI is InChI=1S/C9H8BrF3/c1-2-6-3-7(9(11,12)13)5-8(10)4-6/h3-5H,2H2,1H3. The van der Waals surface area contributed by atoms with Gasteiger partial charge in [0.1, 0.15) is 0 Å². The number of hydrogen-bond donors (Lipinski definition) is 0. The van der Waals surface area contributed by atoms with Crippen molar-refractivity contribution in [2.45, 2.75) is 19.5 Å². The molecule has 0 radical (unpaired) electrons. The van der Waals surface area contributed by atoms with Crippen LogP contribution in [0.2, 0.25) is 0 Å². The molecule has 0 saturated heterocycles. The molecule has 0 unspecified atom stereocenters. The maximum Gasteiger partial charge on any atom is 0.416 e. The van der Waals surface area contributed by atoms with Gasteiger partial charge in [-0.1, -0.05) is 22.9 Å². The van der Waals surface area contributed by atoms with Crippen molar-refractivity contribution in [3.63, 3.8) is 0 Å². The highest BCUT2D eigenvalue weighted by molar-refractivity contribution is 9.10. The van der Waals surface area contributed by atoms with E-state index in [1.54, 1.807) is 6.07 Å². The fourth-order valence-electron chi connectivity index (χ4n) is 1.02. The van der Waals surface area contributed by atoms with Gasteiger partial charge in [0, 0.05) is 4.47 Å². The Morgan fingerprint density at radius 2 is 1.85 bits per heavy atom. The lowest BCUT2D eigenvalue weighted by molar-refractivity contribution is -0.137. The minimum absolute atomic E-state index is 0.471. The lowest BCUT2D eigenvalue weighted by Gasteiger charge is -2.08. The van der Waals surface area contributed by atoms with Crippen molar-refractivity contribution in [1.29, 1.82) is 0 Å². The van der Waals surface area contributed by atoms with E-state index in [0.717, 1.165) is 6.07 Å². The van der Waals surface area contributed by atoms with Gasteiger partial charge in [-0.05, 0) is 30.2 Å². The van der Waals surface area contributed by atoms with Crippen LogP contribution in [-0.4, -0.2) is 0 Å². The fraction of sp³-hybridized carbons (Fsp3) is 0.333. The summed E-state index contributed by atoms with van der Waals surface area (Å²) in [5, 5.41) is 0. The number of benzene rings is 1. The van der Waals surface area contributed by atoms with E-state index in [0.29, 0.717) is 16.5 Å². The molecule has 0 atom stereocenters. The minimum atomic E-state index is -4.26. The third-order valence-electron chi connectivity index (χ3n) is 1.69. The van der Waals surface area contributed by atoms with Gasteiger partial charge in [0.05, 0.1) is 5.56 Å². The highest BCUT2D eigenvalue weighted by Gasteiger charge is 2.30. The molecule has 0 spiro atoms. The molecular weight excluding hydrogens is 245 g/mol. The van der Waals surface area contributed by atoms with E-state index in [-0.39, 0.29) is 0 Å². The Labute approximate surface area is 82.9 Å². The molecule has 13 heavy (non-hydrogen) atoms. The average molecular weight is 253 g/mol. The van der Waals surface area contributed by atoms with Gasteiger partial charge in [-0.2, -0.15) is 13.2 Å². The van der Waals surface area contributed by atoms with E-state index >= 15 is 0 Å². The molecule has 0 bridgehead atoms. The number of alkyl halides is 3. The zero-order chi connectivity index (χ0) is 10.1. The summed E-state index contributed by atoms with van der Waals surface area (Å²) in [6.45, 7) is 1.82. The summed E-state index contributed by atoms with van der Waals surface area (Å²) < 4.78 is 37.3. The molecule has 1 aromatic rings. The molecule has 0 saturated carbocycles. The smallest absolute Gasteiger partial charge is 0.166 e. The Kier molecular flexibility index (Phi) is 3.01. The second-order valence-corrected chi connectivity index (χ2v) is 3.62. The van der Waals surface area contributed by atoms with Gasteiger partial charge in [-0.15, -0.1) is 0 Å². The number of aryl methyl sites for hydroxylation is 1. The van der Waals surface area contributed by atoms with Crippen LogP contribution in [0.5, 0.6) is 0 Å². The molecule has 0 aliphatic heterocycles. The average Bonchev–Trinajstić information content (AvgIpc) is 2.01. The van der Waals surface area contributed by atoms with Crippen LogP contribution in [0.25, 0.3) is 0 Å². The first-order chi connectivity index (χ1) is 5.93. The second kappa shape index (κ2) is 3.70. The summed E-state index contributed by atoms with van der Waals surface area (Å²) in [5.41, 5.74) is 0.0837. The van der Waals surface area contributed by atoms with Crippen LogP contribution in [0.15, 0.2) is 22.7 Å². The number of rotatable bonds is 1. The first-order valence-electron chi connectivity index (χ1n) is 3.80. The SMILES string of the molecule is CCc1cc(Br)cc(C(F)(F)F)c1. The Morgan fingerprint density at radius 3 is 2.31 bits per heavy atom. The van der Waals surface area contributed by atoms with E-state index in [1.807, 2.05) is 6.92 Å². The third-order valence-corrected chi connectivity index (χ3v) is 2.15. The van der Waals surface area contributed by atoms with Crippen LogP contribution >= 0.6 is 15.9 Å². The molecule has 0 aliphatic rings. The molecule has 0 nitrogen and oxygen atoms in total. The Hall–Kier alpha value is -0.510. The van der Waals surface area contributed by atoms with Gasteiger partial charge in [0.25, 0.3) is 0 Å². The second-order valence-electron chi connectivity index (χ2n) is 2.70. The van der Waals surface area contributed by atoms with E-state index in [4.69, 9.17) is 0 Å². The Balaban J connectivity index is 3.16. The largest absolute Gasteiger partial charge is 0.416 e. The quantitative estimate of drug-likeness (QED) is 0.708. The fourth-order valence-corrected chi connectivity index (χ4v) is 1.56. The van der Waals surface area contributed by atoms with Crippen molar-refractivity contribution in [3.05, 3.63) is 33.8 Å². The molecule has 0 heterocycles. The van der Waals surface area contributed by atoms with Gasteiger partial charge >= 0.3 is 6.18 Å². The monoisotopic (exact) mass is 252 g/mol. The zero-order valence-corrected chi connectivity index (χ0v) is 8.54. The summed E-state index contributed by atoms with van der Waals surface area (Å²) in [6, 6.07) is 3.94. The van der Waals surface area contributed by atoms with E-state index in [9.17, 15) is 13.2 Å². The third kappa shape index (κ3) is 2.72. The van der Waals surface area contributed by atoms with Crippen molar-refractivity contribution in [2.75, 3.05) is 0 Å². The van der Waals surface area contributed by atoms with E-state index < -0.39 is 11.7 Å². The predicted octanol–water partition coefficient (Wildman–Crippen LogP) is 4.03. The predicted molar refractivity (Wildman–Crippen MR) is 48.5 cm³/mol. The molecule has 0 fully saturated rings. The highest BCUT2D eigenvalue weighted by Crippen LogP contribution is 2.31. The lowest BCUT2D eigenvalue weighted by Crippen LogP contribution is -2.05. The summed E-state index contributed by atoms with van der Waals surface area (Å²) in [7, 11) is 0. The van der Waals surface area contributed by atoms with Crippen molar-refractivity contribution >= 4 is 15.9 Å². The normalized spacial score (nSPS) is 11.8. The van der Waals surface area contributed by atoms with Crippen LogP contribution < -0.4 is 0 Å². The maximum atomic E-state index is 12.3. The Morgan fingerprint density at radius 1 is 1.23 bits per heavy atom. The maximum absolute atomic E-state index is 12.3. The molecule has 0 N–H and O–H groups in total. The van der Waals surface area contributed by atoms with Gasteiger partial charge in [-0.3, -0.25) is 0 Å². The summed E-state index contributed by atoms with van der Waals surface area (Å²) in [5.74, 6) is 0. The number of halogens is 4. The molecule has 1 rings (SSSR count). The van der Waals surface area contributed by atoms with Crippen molar-refractivity contribution in [1.82, 2.24) is 0 Å². The van der Waals surface area contributed by atoms with Crippen LogP contribution in [0, 0.1) is 0 Å². The van der Waals surface area contributed by atoms with Crippen LogP contribution in [0.3, 0.4) is 0 Å². The molecule has 0 aliphatic carbocycles. The first kappa shape index (κ1) is 10.6. The van der Waals surface area contributed by atoms with E-state index in [2.05, 4.69) is 15.9 Å². The summed E-state index contributed by atoms with van der Waals surface area (Å²) in [4.78, 5) is 0. The van der Waals surface area contributed by atoms with Crippen molar-refractivity contribution in [2.24, 2.45) is 0 Å². The van der Waals surface area contributed by atoms with Crippen molar-refractivity contribution < 1.29 is 13.2 Å². The minimum Gasteiger partial charge on any atom is -0.166 e. The number of hydrogen-bond acceptors (Lipinski definition) is 0. The van der Waals surface area contributed by atoms with Crippen molar-refractivity contribution in [3.8, 4) is 0 Å². The van der Waals surface area contributed by atoms with Crippen LogP contribution in [-0.2, 0) is 12.6 Å². The van der Waals surface area contributed by atoms with Gasteiger partial charge < -0.3 is 0 Å². The van der Waals surface area contributed by atoms with Crippen LogP contribution in [0.4, 0.5) is 13.2 Å². The highest BCUT2D eigenvalue weighted by atomic mass is 79.9. The summed E-state index contributed by atoms with van der Waals surface area (Å²) >= 11 is 3.05. The van der Waals surface area contributed by atoms with Gasteiger partial charge in [0.2, 0.25) is 0 Å². The molecule has 0 amide bonds. The van der Waals surface area contributed by atoms with Gasteiger partial charge in [0.15, 0.2) is 0 Å².